The largest absolute Gasteiger partial charge is 0.396 e. The molecule has 3 N–H and O–H groups in total. The molecule has 0 rings (SSSR count). The zero-order chi connectivity index (χ0) is 8.15. The van der Waals surface area contributed by atoms with Crippen molar-refractivity contribution in [3.05, 3.63) is 11.9 Å². The normalized spacial score (nSPS) is 18.7. The maximum absolute atomic E-state index is 12.6. The minimum absolute atomic E-state index is 0.0415. The van der Waals surface area contributed by atoms with E-state index in [1.165, 1.54) is 6.08 Å². The third-order valence-corrected chi connectivity index (χ3v) is 1.17. The number of aliphatic hydroxyl groups is 1. The summed E-state index contributed by atoms with van der Waals surface area (Å²) < 4.78 is 12.6. The van der Waals surface area contributed by atoms with E-state index in [4.69, 9.17) is 10.8 Å². The summed E-state index contributed by atoms with van der Waals surface area (Å²) >= 11 is 0. The van der Waals surface area contributed by atoms with E-state index >= 15 is 0 Å². The van der Waals surface area contributed by atoms with Crippen LogP contribution in [0.5, 0.6) is 0 Å². The van der Waals surface area contributed by atoms with Crippen LogP contribution in [-0.2, 0) is 0 Å². The molecule has 2 atom stereocenters. The number of hydrogen-bond acceptors (Lipinski definition) is 2. The molecule has 10 heavy (non-hydrogen) atoms. The molecular formula is C7H14FNO. The van der Waals surface area contributed by atoms with Gasteiger partial charge in [0.1, 0.15) is 5.83 Å². The van der Waals surface area contributed by atoms with Crippen LogP contribution in [0.3, 0.4) is 0 Å². The number of hydrogen-bond donors (Lipinski definition) is 2. The van der Waals surface area contributed by atoms with Gasteiger partial charge in [-0.25, -0.2) is 4.39 Å². The van der Waals surface area contributed by atoms with Crippen molar-refractivity contribution in [2.75, 3.05) is 6.61 Å². The van der Waals surface area contributed by atoms with Crippen molar-refractivity contribution in [2.24, 2.45) is 11.7 Å². The van der Waals surface area contributed by atoms with Crippen LogP contribution >= 0.6 is 0 Å². The molecule has 0 heterocycles. The zero-order valence-corrected chi connectivity index (χ0v) is 6.34. The quantitative estimate of drug-likeness (QED) is 0.620. The first kappa shape index (κ1) is 9.59. The fraction of sp³-hybridized carbons (Fsp3) is 0.714. The van der Waals surface area contributed by atoms with Gasteiger partial charge in [0.2, 0.25) is 0 Å². The van der Waals surface area contributed by atoms with Crippen molar-refractivity contribution in [3.63, 3.8) is 0 Å². The molecule has 0 radical (unpaired) electrons. The fourth-order valence-electron chi connectivity index (χ4n) is 0.476. The fourth-order valence-corrected chi connectivity index (χ4v) is 0.476. The minimum atomic E-state index is -0.561. The molecule has 0 aliphatic carbocycles. The first-order chi connectivity index (χ1) is 4.57. The average Bonchev–Trinajstić information content (AvgIpc) is 1.87. The first-order valence-electron chi connectivity index (χ1n) is 3.31. The molecule has 0 aromatic carbocycles. The van der Waals surface area contributed by atoms with E-state index in [0.717, 1.165) is 0 Å². The molecule has 3 heteroatoms. The number of rotatable bonds is 3. The van der Waals surface area contributed by atoms with E-state index in [9.17, 15) is 4.39 Å². The first-order valence-corrected chi connectivity index (χ1v) is 3.31. The van der Waals surface area contributed by atoms with E-state index in [2.05, 4.69) is 0 Å². The van der Waals surface area contributed by atoms with Gasteiger partial charge in [-0.1, -0.05) is 6.92 Å². The highest BCUT2D eigenvalue weighted by atomic mass is 19.1. The van der Waals surface area contributed by atoms with Gasteiger partial charge in [-0.2, -0.15) is 0 Å². The smallest absolute Gasteiger partial charge is 0.113 e. The van der Waals surface area contributed by atoms with Crippen molar-refractivity contribution in [1.29, 1.82) is 0 Å². The number of nitrogens with two attached hydrogens (primary N) is 1. The molecule has 0 fully saturated rings. The Labute approximate surface area is 60.5 Å². The van der Waals surface area contributed by atoms with E-state index in [1.807, 2.05) is 0 Å². The Morgan fingerprint density at radius 1 is 1.70 bits per heavy atom. The maximum atomic E-state index is 12.6. The van der Waals surface area contributed by atoms with Gasteiger partial charge in [0.25, 0.3) is 0 Å². The van der Waals surface area contributed by atoms with E-state index in [-0.39, 0.29) is 18.4 Å². The van der Waals surface area contributed by atoms with Crippen LogP contribution in [0.1, 0.15) is 13.8 Å². The third kappa shape index (κ3) is 3.58. The summed E-state index contributed by atoms with van der Waals surface area (Å²) in [6, 6.07) is -0.561. The van der Waals surface area contributed by atoms with Crippen molar-refractivity contribution >= 4 is 0 Å². The summed E-state index contributed by atoms with van der Waals surface area (Å²) in [5.41, 5.74) is 5.21. The molecular weight excluding hydrogens is 133 g/mol. The lowest BCUT2D eigenvalue weighted by molar-refractivity contribution is 0.260. The summed E-state index contributed by atoms with van der Waals surface area (Å²) in [5.74, 6) is -0.507. The Hall–Kier alpha value is -0.410. The van der Waals surface area contributed by atoms with Gasteiger partial charge in [-0.3, -0.25) is 0 Å². The lowest BCUT2D eigenvalue weighted by atomic mass is 10.1. The predicted octanol–water partition coefficient (Wildman–Crippen LogP) is 0.815. The van der Waals surface area contributed by atoms with Crippen LogP contribution in [0, 0.1) is 5.92 Å². The summed E-state index contributed by atoms with van der Waals surface area (Å²) in [5, 5.41) is 8.51. The van der Waals surface area contributed by atoms with Crippen molar-refractivity contribution in [1.82, 2.24) is 0 Å². The van der Waals surface area contributed by atoms with Gasteiger partial charge in [-0.05, 0) is 18.9 Å². The lowest BCUT2D eigenvalue weighted by Gasteiger charge is -2.04. The summed E-state index contributed by atoms with van der Waals surface area (Å²) in [6.07, 6.45) is 1.34. The van der Waals surface area contributed by atoms with Crippen LogP contribution in [-0.4, -0.2) is 17.8 Å². The Kier molecular flexibility index (Phi) is 4.23. The molecule has 0 saturated carbocycles. The predicted molar refractivity (Wildman–Crippen MR) is 39.1 cm³/mol. The molecule has 0 aromatic heterocycles. The van der Waals surface area contributed by atoms with E-state index in [0.29, 0.717) is 0 Å². The van der Waals surface area contributed by atoms with Gasteiger partial charge in [0, 0.05) is 6.61 Å². The van der Waals surface area contributed by atoms with Crippen LogP contribution in [0.15, 0.2) is 11.9 Å². The highest BCUT2D eigenvalue weighted by molar-refractivity contribution is 5.00. The Bertz CT molecular complexity index is 123. The number of halogens is 1. The van der Waals surface area contributed by atoms with Crippen molar-refractivity contribution in [2.45, 2.75) is 19.9 Å². The van der Waals surface area contributed by atoms with Crippen molar-refractivity contribution in [3.8, 4) is 0 Å². The van der Waals surface area contributed by atoms with Gasteiger partial charge in [-0.15, -0.1) is 0 Å². The zero-order valence-electron chi connectivity index (χ0n) is 6.34. The third-order valence-electron chi connectivity index (χ3n) is 1.17. The second kappa shape index (κ2) is 4.41. The van der Waals surface area contributed by atoms with Gasteiger partial charge in [0.05, 0.1) is 6.04 Å². The monoisotopic (exact) mass is 147 g/mol. The molecule has 0 aliphatic rings. The number of aliphatic hydroxyl groups excluding tert-OH is 1. The van der Waals surface area contributed by atoms with Crippen LogP contribution < -0.4 is 5.73 Å². The molecule has 0 saturated heterocycles. The maximum Gasteiger partial charge on any atom is 0.113 e. The standard InChI is InChI=1S/C7H14FNO/c1-5(4-10)3-7(8)6(2)9/h3,5-6,10H,4,9H2,1-2H3/b7-3-. The van der Waals surface area contributed by atoms with Gasteiger partial charge >= 0.3 is 0 Å². The highest BCUT2D eigenvalue weighted by Crippen LogP contribution is 2.06. The topological polar surface area (TPSA) is 46.2 Å². The Morgan fingerprint density at radius 3 is 2.50 bits per heavy atom. The second-order valence-corrected chi connectivity index (χ2v) is 2.50. The molecule has 0 aromatic rings. The molecule has 0 amide bonds. The van der Waals surface area contributed by atoms with E-state index < -0.39 is 6.04 Å². The SMILES string of the molecule is CC(/C=C(\F)C(C)N)CO. The van der Waals surface area contributed by atoms with Gasteiger partial charge < -0.3 is 10.8 Å². The second-order valence-electron chi connectivity index (χ2n) is 2.50. The summed E-state index contributed by atoms with van der Waals surface area (Å²) in [4.78, 5) is 0. The lowest BCUT2D eigenvalue weighted by Crippen LogP contribution is -2.16. The van der Waals surface area contributed by atoms with Crippen LogP contribution in [0.25, 0.3) is 0 Å². The molecule has 60 valence electrons. The molecule has 2 nitrogen and oxygen atoms in total. The van der Waals surface area contributed by atoms with Crippen LogP contribution in [0.4, 0.5) is 4.39 Å². The minimum Gasteiger partial charge on any atom is -0.396 e. The Balaban J connectivity index is 3.89. The molecule has 0 spiro atoms. The van der Waals surface area contributed by atoms with E-state index in [1.54, 1.807) is 13.8 Å². The van der Waals surface area contributed by atoms with Crippen molar-refractivity contribution < 1.29 is 9.50 Å². The summed E-state index contributed by atoms with van der Waals surface area (Å²) in [6.45, 7) is 3.25. The average molecular weight is 147 g/mol. The molecule has 2 unspecified atom stereocenters. The van der Waals surface area contributed by atoms with Crippen LogP contribution in [0.2, 0.25) is 0 Å². The highest BCUT2D eigenvalue weighted by Gasteiger charge is 2.03. The molecule has 0 aliphatic heterocycles. The Morgan fingerprint density at radius 2 is 2.20 bits per heavy atom. The summed E-state index contributed by atoms with van der Waals surface area (Å²) in [7, 11) is 0. The molecule has 0 bridgehead atoms. The van der Waals surface area contributed by atoms with Gasteiger partial charge in [0.15, 0.2) is 0 Å².